The number of hydrogen-bond donors (Lipinski definition) is 1. The first kappa shape index (κ1) is 14.8. The number of halogens is 2. The molecule has 0 fully saturated rings. The summed E-state index contributed by atoms with van der Waals surface area (Å²) in [6, 6.07) is 8.52. The van der Waals surface area contributed by atoms with Gasteiger partial charge in [0.25, 0.3) is 0 Å². The number of rotatable bonds is 4. The van der Waals surface area contributed by atoms with Crippen molar-refractivity contribution in [3.05, 3.63) is 53.6 Å². The third-order valence-electron chi connectivity index (χ3n) is 2.81. The first-order valence-electron chi connectivity index (χ1n) is 6.08. The average Bonchev–Trinajstić information content (AvgIpc) is 2.42. The highest BCUT2D eigenvalue weighted by molar-refractivity contribution is 7.99. The van der Waals surface area contributed by atoms with E-state index in [4.69, 9.17) is 10.5 Å². The molecule has 0 heterocycles. The first-order valence-corrected chi connectivity index (χ1v) is 6.90. The van der Waals surface area contributed by atoms with Crippen LogP contribution in [-0.2, 0) is 0 Å². The molecule has 0 bridgehead atoms. The van der Waals surface area contributed by atoms with Crippen LogP contribution in [0.5, 0.6) is 5.75 Å². The maximum Gasteiger partial charge on any atom is 0.137 e. The van der Waals surface area contributed by atoms with E-state index in [1.807, 2.05) is 13.0 Å². The van der Waals surface area contributed by atoms with Crippen LogP contribution in [0.25, 0.3) is 0 Å². The summed E-state index contributed by atoms with van der Waals surface area (Å²) in [5.74, 6) is -0.296. The van der Waals surface area contributed by atoms with E-state index < -0.39 is 11.6 Å². The minimum atomic E-state index is -0.473. The lowest BCUT2D eigenvalue weighted by Crippen LogP contribution is -2.08. The average molecular weight is 295 g/mol. The Morgan fingerprint density at radius 3 is 2.55 bits per heavy atom. The standard InChI is InChI=1S/C15H15F2NOS/c1-9(18)15-12(19-2)4-3-5-13(15)20-14-8-10(16)6-7-11(14)17/h3-9H,18H2,1-2H3/t9-/m0/s1. The van der Waals surface area contributed by atoms with Gasteiger partial charge in [-0.1, -0.05) is 17.8 Å². The van der Waals surface area contributed by atoms with Crippen molar-refractivity contribution >= 4 is 11.8 Å². The maximum absolute atomic E-state index is 13.7. The zero-order valence-corrected chi connectivity index (χ0v) is 12.0. The molecule has 0 amide bonds. The molecule has 0 aliphatic carbocycles. The fraction of sp³-hybridized carbons (Fsp3) is 0.200. The van der Waals surface area contributed by atoms with Crippen LogP contribution in [-0.4, -0.2) is 7.11 Å². The molecule has 2 nitrogen and oxygen atoms in total. The van der Waals surface area contributed by atoms with E-state index in [9.17, 15) is 8.78 Å². The monoisotopic (exact) mass is 295 g/mol. The van der Waals surface area contributed by atoms with Crippen molar-refractivity contribution in [2.75, 3.05) is 7.11 Å². The van der Waals surface area contributed by atoms with Gasteiger partial charge in [-0.25, -0.2) is 8.78 Å². The quantitative estimate of drug-likeness (QED) is 0.920. The van der Waals surface area contributed by atoms with Crippen LogP contribution in [0.4, 0.5) is 8.78 Å². The van der Waals surface area contributed by atoms with E-state index in [1.165, 1.54) is 6.07 Å². The molecule has 2 aromatic carbocycles. The molecule has 0 aromatic heterocycles. The number of ether oxygens (including phenoxy) is 1. The summed E-state index contributed by atoms with van der Waals surface area (Å²) >= 11 is 1.14. The third-order valence-corrected chi connectivity index (χ3v) is 3.92. The van der Waals surface area contributed by atoms with Crippen LogP contribution in [0.2, 0.25) is 0 Å². The van der Waals surface area contributed by atoms with Gasteiger partial charge in [0.15, 0.2) is 0 Å². The molecule has 2 N–H and O–H groups in total. The van der Waals surface area contributed by atoms with Crippen LogP contribution in [0.3, 0.4) is 0 Å². The van der Waals surface area contributed by atoms with Crippen molar-refractivity contribution in [3.8, 4) is 5.75 Å². The molecule has 2 rings (SSSR count). The number of nitrogens with two attached hydrogens (primary N) is 1. The zero-order valence-electron chi connectivity index (χ0n) is 11.2. The highest BCUT2D eigenvalue weighted by Gasteiger charge is 2.15. The molecule has 106 valence electrons. The minimum Gasteiger partial charge on any atom is -0.496 e. The Balaban J connectivity index is 2.45. The van der Waals surface area contributed by atoms with E-state index >= 15 is 0 Å². The number of benzene rings is 2. The van der Waals surface area contributed by atoms with Gasteiger partial charge in [0, 0.05) is 16.5 Å². The van der Waals surface area contributed by atoms with Crippen LogP contribution >= 0.6 is 11.8 Å². The Morgan fingerprint density at radius 1 is 1.15 bits per heavy atom. The number of methoxy groups -OCH3 is 1. The van der Waals surface area contributed by atoms with Gasteiger partial charge in [-0.15, -0.1) is 0 Å². The molecule has 0 saturated carbocycles. The summed E-state index contributed by atoms with van der Waals surface area (Å²) in [6.45, 7) is 1.82. The summed E-state index contributed by atoms with van der Waals surface area (Å²) in [7, 11) is 1.55. The largest absolute Gasteiger partial charge is 0.496 e. The van der Waals surface area contributed by atoms with Crippen molar-refractivity contribution in [3.63, 3.8) is 0 Å². The van der Waals surface area contributed by atoms with E-state index in [0.29, 0.717) is 5.75 Å². The van der Waals surface area contributed by atoms with Crippen molar-refractivity contribution < 1.29 is 13.5 Å². The van der Waals surface area contributed by atoms with Crippen molar-refractivity contribution in [2.24, 2.45) is 5.73 Å². The molecule has 2 aromatic rings. The molecule has 0 saturated heterocycles. The second-order valence-electron chi connectivity index (χ2n) is 4.34. The van der Waals surface area contributed by atoms with E-state index in [-0.39, 0.29) is 10.9 Å². The molecule has 1 atom stereocenters. The Morgan fingerprint density at radius 2 is 1.90 bits per heavy atom. The van der Waals surface area contributed by atoms with Gasteiger partial charge in [-0.05, 0) is 37.3 Å². The normalized spacial score (nSPS) is 12.2. The van der Waals surface area contributed by atoms with Gasteiger partial charge in [0.05, 0.1) is 12.0 Å². The zero-order chi connectivity index (χ0) is 14.7. The predicted molar refractivity (Wildman–Crippen MR) is 76.1 cm³/mol. The lowest BCUT2D eigenvalue weighted by molar-refractivity contribution is 0.405. The van der Waals surface area contributed by atoms with Gasteiger partial charge in [0.1, 0.15) is 17.4 Å². The smallest absolute Gasteiger partial charge is 0.137 e. The molecule has 0 radical (unpaired) electrons. The maximum atomic E-state index is 13.7. The fourth-order valence-electron chi connectivity index (χ4n) is 1.91. The Labute approximate surface area is 120 Å². The topological polar surface area (TPSA) is 35.2 Å². The Kier molecular flexibility index (Phi) is 4.62. The minimum absolute atomic E-state index is 0.222. The van der Waals surface area contributed by atoms with Crippen LogP contribution in [0.1, 0.15) is 18.5 Å². The highest BCUT2D eigenvalue weighted by atomic mass is 32.2. The van der Waals surface area contributed by atoms with Gasteiger partial charge in [-0.2, -0.15) is 0 Å². The lowest BCUT2D eigenvalue weighted by atomic mass is 10.1. The summed E-state index contributed by atoms with van der Waals surface area (Å²) < 4.78 is 32.2. The summed E-state index contributed by atoms with van der Waals surface area (Å²) in [5.41, 5.74) is 6.73. The molecule has 0 aliphatic heterocycles. The van der Waals surface area contributed by atoms with Gasteiger partial charge in [0.2, 0.25) is 0 Å². The van der Waals surface area contributed by atoms with Gasteiger partial charge < -0.3 is 10.5 Å². The highest BCUT2D eigenvalue weighted by Crippen LogP contribution is 2.38. The van der Waals surface area contributed by atoms with Crippen molar-refractivity contribution in [2.45, 2.75) is 22.8 Å². The lowest BCUT2D eigenvalue weighted by Gasteiger charge is -2.16. The van der Waals surface area contributed by atoms with Crippen molar-refractivity contribution in [1.82, 2.24) is 0 Å². The molecular weight excluding hydrogens is 280 g/mol. The van der Waals surface area contributed by atoms with E-state index in [2.05, 4.69) is 0 Å². The molecule has 0 spiro atoms. The summed E-state index contributed by atoms with van der Waals surface area (Å²) in [4.78, 5) is 0.976. The molecular formula is C15H15F2NOS. The SMILES string of the molecule is COc1cccc(Sc2cc(F)ccc2F)c1[C@H](C)N. The van der Waals surface area contributed by atoms with E-state index in [0.717, 1.165) is 34.4 Å². The first-order chi connectivity index (χ1) is 9.52. The second kappa shape index (κ2) is 6.24. The van der Waals surface area contributed by atoms with Gasteiger partial charge in [-0.3, -0.25) is 0 Å². The fourth-order valence-corrected chi connectivity index (χ4v) is 3.03. The third kappa shape index (κ3) is 3.11. The molecule has 0 aliphatic rings. The molecule has 5 heteroatoms. The molecule has 20 heavy (non-hydrogen) atoms. The van der Waals surface area contributed by atoms with Gasteiger partial charge >= 0.3 is 0 Å². The van der Waals surface area contributed by atoms with E-state index in [1.54, 1.807) is 19.2 Å². The number of hydrogen-bond acceptors (Lipinski definition) is 3. The van der Waals surface area contributed by atoms with Crippen LogP contribution < -0.4 is 10.5 Å². The predicted octanol–water partition coefficient (Wildman–Crippen LogP) is 4.14. The van der Waals surface area contributed by atoms with Crippen LogP contribution in [0, 0.1) is 11.6 Å². The van der Waals surface area contributed by atoms with Crippen LogP contribution in [0.15, 0.2) is 46.2 Å². The summed E-state index contributed by atoms with van der Waals surface area (Å²) in [6.07, 6.45) is 0. The Hall–Kier alpha value is -1.59. The second-order valence-corrected chi connectivity index (χ2v) is 5.42. The Bertz CT molecular complexity index is 617. The molecule has 0 unspecified atom stereocenters. The van der Waals surface area contributed by atoms with Crippen molar-refractivity contribution in [1.29, 1.82) is 0 Å². The summed E-state index contributed by atoms with van der Waals surface area (Å²) in [5, 5.41) is 0.